The van der Waals surface area contributed by atoms with Crippen molar-refractivity contribution >= 4 is 5.91 Å². The average molecular weight is 257 g/mol. The van der Waals surface area contributed by atoms with Crippen LogP contribution in [0.15, 0.2) is 30.7 Å². The molecule has 0 aromatic carbocycles. The number of nitrogens with zero attached hydrogens (tertiary/aromatic N) is 2. The smallest absolute Gasteiger partial charge is 0.270 e. The molecule has 1 aliphatic rings. The van der Waals surface area contributed by atoms with Crippen molar-refractivity contribution in [3.63, 3.8) is 0 Å². The second-order valence-corrected chi connectivity index (χ2v) is 4.58. The SMILES string of the molecule is O=C(NC1CCNC1)c1ccc(-c2cn[nH]c2)cn1. The van der Waals surface area contributed by atoms with Crippen LogP contribution in [0.4, 0.5) is 0 Å². The molecule has 2 aromatic rings. The molecule has 1 aliphatic heterocycles. The van der Waals surface area contributed by atoms with Crippen molar-refractivity contribution < 1.29 is 4.79 Å². The molecule has 0 saturated carbocycles. The van der Waals surface area contributed by atoms with Crippen LogP contribution in [-0.4, -0.2) is 40.2 Å². The van der Waals surface area contributed by atoms with Crippen LogP contribution >= 0.6 is 0 Å². The lowest BCUT2D eigenvalue weighted by Gasteiger charge is -2.10. The van der Waals surface area contributed by atoms with Gasteiger partial charge >= 0.3 is 0 Å². The quantitative estimate of drug-likeness (QED) is 0.750. The van der Waals surface area contributed by atoms with Crippen molar-refractivity contribution in [2.24, 2.45) is 0 Å². The van der Waals surface area contributed by atoms with E-state index in [0.717, 1.165) is 30.6 Å². The number of carbonyl (C=O) groups excluding carboxylic acids is 1. The fourth-order valence-electron chi connectivity index (χ4n) is 2.14. The van der Waals surface area contributed by atoms with Crippen molar-refractivity contribution in [1.29, 1.82) is 0 Å². The van der Waals surface area contributed by atoms with Crippen molar-refractivity contribution in [2.75, 3.05) is 13.1 Å². The summed E-state index contributed by atoms with van der Waals surface area (Å²) in [6, 6.07) is 3.82. The monoisotopic (exact) mass is 257 g/mol. The first kappa shape index (κ1) is 11.9. The Morgan fingerprint density at radius 1 is 1.32 bits per heavy atom. The number of hydrogen-bond donors (Lipinski definition) is 3. The summed E-state index contributed by atoms with van der Waals surface area (Å²) in [4.78, 5) is 16.2. The van der Waals surface area contributed by atoms with E-state index < -0.39 is 0 Å². The van der Waals surface area contributed by atoms with E-state index in [0.29, 0.717) is 5.69 Å². The molecule has 1 fully saturated rings. The van der Waals surface area contributed by atoms with Gasteiger partial charge in [-0.2, -0.15) is 5.10 Å². The van der Waals surface area contributed by atoms with Crippen molar-refractivity contribution in [1.82, 2.24) is 25.8 Å². The molecule has 3 heterocycles. The first-order valence-electron chi connectivity index (χ1n) is 6.30. The Hall–Kier alpha value is -2.21. The topological polar surface area (TPSA) is 82.7 Å². The summed E-state index contributed by atoms with van der Waals surface area (Å²) < 4.78 is 0. The zero-order chi connectivity index (χ0) is 13.1. The van der Waals surface area contributed by atoms with E-state index in [9.17, 15) is 4.79 Å². The molecule has 2 aromatic heterocycles. The predicted molar refractivity (Wildman–Crippen MR) is 70.6 cm³/mol. The molecule has 3 N–H and O–H groups in total. The highest BCUT2D eigenvalue weighted by atomic mass is 16.1. The van der Waals surface area contributed by atoms with Crippen LogP contribution in [0.2, 0.25) is 0 Å². The van der Waals surface area contributed by atoms with Gasteiger partial charge in [0.1, 0.15) is 5.69 Å². The minimum absolute atomic E-state index is 0.118. The van der Waals surface area contributed by atoms with Crippen LogP contribution in [0, 0.1) is 0 Å². The minimum atomic E-state index is -0.118. The summed E-state index contributed by atoms with van der Waals surface area (Å²) in [6.45, 7) is 1.79. The maximum Gasteiger partial charge on any atom is 0.270 e. The van der Waals surface area contributed by atoms with Gasteiger partial charge < -0.3 is 10.6 Å². The van der Waals surface area contributed by atoms with Gasteiger partial charge in [-0.3, -0.25) is 14.9 Å². The summed E-state index contributed by atoms with van der Waals surface area (Å²) in [7, 11) is 0. The Balaban J connectivity index is 1.69. The van der Waals surface area contributed by atoms with E-state index >= 15 is 0 Å². The third-order valence-corrected chi connectivity index (χ3v) is 3.22. The standard InChI is InChI=1S/C13H15N5O/c19-13(18-11-3-4-14-8-11)12-2-1-9(5-15-12)10-6-16-17-7-10/h1-2,5-7,11,14H,3-4,8H2,(H,16,17)(H,18,19). The van der Waals surface area contributed by atoms with E-state index in [1.54, 1.807) is 24.7 Å². The number of rotatable bonds is 3. The van der Waals surface area contributed by atoms with E-state index in [1.165, 1.54) is 0 Å². The Bertz CT molecular complexity index is 543. The van der Waals surface area contributed by atoms with Gasteiger partial charge in [0, 0.05) is 36.1 Å². The molecule has 1 amide bonds. The largest absolute Gasteiger partial charge is 0.347 e. The van der Waals surface area contributed by atoms with Gasteiger partial charge in [0.15, 0.2) is 0 Å². The van der Waals surface area contributed by atoms with Crippen molar-refractivity contribution in [2.45, 2.75) is 12.5 Å². The molecule has 19 heavy (non-hydrogen) atoms. The summed E-state index contributed by atoms with van der Waals surface area (Å²) in [5.74, 6) is -0.118. The Kier molecular flexibility index (Phi) is 3.24. The van der Waals surface area contributed by atoms with E-state index in [1.807, 2.05) is 6.07 Å². The normalized spacial score (nSPS) is 18.4. The number of aromatic nitrogens is 3. The summed E-state index contributed by atoms with van der Waals surface area (Å²) in [5.41, 5.74) is 2.34. The Morgan fingerprint density at radius 2 is 2.26 bits per heavy atom. The highest BCUT2D eigenvalue weighted by molar-refractivity contribution is 5.92. The van der Waals surface area contributed by atoms with Crippen LogP contribution < -0.4 is 10.6 Å². The van der Waals surface area contributed by atoms with Crippen molar-refractivity contribution in [3.8, 4) is 11.1 Å². The number of carbonyl (C=O) groups is 1. The number of aromatic amines is 1. The zero-order valence-corrected chi connectivity index (χ0v) is 10.4. The molecule has 6 heteroatoms. The van der Waals surface area contributed by atoms with Gasteiger partial charge in [0.25, 0.3) is 5.91 Å². The van der Waals surface area contributed by atoms with Gasteiger partial charge in [-0.05, 0) is 19.0 Å². The van der Waals surface area contributed by atoms with Crippen LogP contribution in [0.3, 0.4) is 0 Å². The lowest BCUT2D eigenvalue weighted by Crippen LogP contribution is -2.36. The van der Waals surface area contributed by atoms with Gasteiger partial charge in [0.05, 0.1) is 6.20 Å². The van der Waals surface area contributed by atoms with Crippen LogP contribution in [0.5, 0.6) is 0 Å². The highest BCUT2D eigenvalue weighted by Crippen LogP contribution is 2.16. The van der Waals surface area contributed by atoms with E-state index in [4.69, 9.17) is 0 Å². The van der Waals surface area contributed by atoms with Crippen LogP contribution in [-0.2, 0) is 0 Å². The maximum atomic E-state index is 12.0. The molecule has 0 bridgehead atoms. The molecule has 1 saturated heterocycles. The number of amides is 1. The van der Waals surface area contributed by atoms with Gasteiger partial charge in [-0.1, -0.05) is 6.07 Å². The molecule has 98 valence electrons. The first-order valence-corrected chi connectivity index (χ1v) is 6.30. The number of nitrogens with one attached hydrogen (secondary N) is 3. The molecule has 6 nitrogen and oxygen atoms in total. The molecule has 3 rings (SSSR count). The number of H-pyrrole nitrogens is 1. The summed E-state index contributed by atoms with van der Waals surface area (Å²) in [6.07, 6.45) is 6.17. The lowest BCUT2D eigenvalue weighted by molar-refractivity contribution is 0.0935. The minimum Gasteiger partial charge on any atom is -0.347 e. The Labute approximate surface area is 110 Å². The maximum absolute atomic E-state index is 12.0. The van der Waals surface area contributed by atoms with Gasteiger partial charge in [-0.25, -0.2) is 0 Å². The molecular weight excluding hydrogens is 242 g/mol. The first-order chi connectivity index (χ1) is 9.33. The third-order valence-electron chi connectivity index (χ3n) is 3.22. The highest BCUT2D eigenvalue weighted by Gasteiger charge is 2.18. The summed E-state index contributed by atoms with van der Waals surface area (Å²) in [5, 5.41) is 12.8. The number of hydrogen-bond acceptors (Lipinski definition) is 4. The molecule has 0 radical (unpaired) electrons. The van der Waals surface area contributed by atoms with Gasteiger partial charge in [-0.15, -0.1) is 0 Å². The molecule has 1 atom stereocenters. The van der Waals surface area contributed by atoms with Gasteiger partial charge in [0.2, 0.25) is 0 Å². The predicted octanol–water partition coefficient (Wildman–Crippen LogP) is 0.563. The lowest BCUT2D eigenvalue weighted by atomic mass is 10.1. The molecule has 0 spiro atoms. The summed E-state index contributed by atoms with van der Waals surface area (Å²) >= 11 is 0. The zero-order valence-electron chi connectivity index (χ0n) is 10.4. The molecule has 1 unspecified atom stereocenters. The van der Waals surface area contributed by atoms with Crippen LogP contribution in [0.25, 0.3) is 11.1 Å². The third kappa shape index (κ3) is 2.63. The fraction of sp³-hybridized carbons (Fsp3) is 0.308. The second-order valence-electron chi connectivity index (χ2n) is 4.58. The fourth-order valence-corrected chi connectivity index (χ4v) is 2.14. The van der Waals surface area contributed by atoms with Crippen LogP contribution in [0.1, 0.15) is 16.9 Å². The van der Waals surface area contributed by atoms with E-state index in [-0.39, 0.29) is 11.9 Å². The Morgan fingerprint density at radius 3 is 2.89 bits per heavy atom. The molecular formula is C13H15N5O. The number of pyridine rings is 1. The van der Waals surface area contributed by atoms with Crippen molar-refractivity contribution in [3.05, 3.63) is 36.4 Å². The van der Waals surface area contributed by atoms with E-state index in [2.05, 4.69) is 25.8 Å². The molecule has 0 aliphatic carbocycles. The second kappa shape index (κ2) is 5.19. The average Bonchev–Trinajstić information content (AvgIpc) is 3.12.